The number of hydrogen-bond acceptors (Lipinski definition) is 3. The van der Waals surface area contributed by atoms with Crippen LogP contribution in [0.1, 0.15) is 56.0 Å². The number of carbonyl (C=O) groups is 1. The van der Waals surface area contributed by atoms with Crippen molar-refractivity contribution < 1.29 is 9.53 Å². The van der Waals surface area contributed by atoms with Crippen LogP contribution >= 0.6 is 12.4 Å². The first-order valence-electron chi connectivity index (χ1n) is 8.20. The average Bonchev–Trinajstić information content (AvgIpc) is 2.53. The van der Waals surface area contributed by atoms with Crippen LogP contribution in [0.2, 0.25) is 0 Å². The summed E-state index contributed by atoms with van der Waals surface area (Å²) in [6.45, 7) is 7.79. The number of amides is 1. The third-order valence-corrected chi connectivity index (χ3v) is 4.75. The molecule has 1 fully saturated rings. The van der Waals surface area contributed by atoms with E-state index in [2.05, 4.69) is 26.1 Å². The van der Waals surface area contributed by atoms with Crippen molar-refractivity contribution in [2.45, 2.75) is 58.7 Å². The van der Waals surface area contributed by atoms with Crippen LogP contribution in [-0.2, 0) is 11.3 Å². The molecule has 2 rings (SSSR count). The lowest BCUT2D eigenvalue weighted by Crippen LogP contribution is -2.62. The zero-order valence-corrected chi connectivity index (χ0v) is 15.1. The SMILES string of the molecule is CCCCOC1CC(NC(=O)c2ccc(CN)cc2)C1(C)C.Cl. The summed E-state index contributed by atoms with van der Waals surface area (Å²) in [5, 5.41) is 3.13. The molecule has 1 amide bonds. The number of ether oxygens (including phenoxy) is 1. The Balaban J connectivity index is 0.00000264. The fraction of sp³-hybridized carbons (Fsp3) is 0.611. The Morgan fingerprint density at radius 2 is 2.00 bits per heavy atom. The van der Waals surface area contributed by atoms with Gasteiger partial charge in [0, 0.05) is 30.2 Å². The van der Waals surface area contributed by atoms with E-state index in [1.165, 1.54) is 0 Å². The van der Waals surface area contributed by atoms with Gasteiger partial charge in [0.25, 0.3) is 5.91 Å². The number of carbonyl (C=O) groups excluding carboxylic acids is 1. The van der Waals surface area contributed by atoms with Crippen LogP contribution in [0.3, 0.4) is 0 Å². The summed E-state index contributed by atoms with van der Waals surface area (Å²) in [5.41, 5.74) is 7.28. The summed E-state index contributed by atoms with van der Waals surface area (Å²) >= 11 is 0. The van der Waals surface area contributed by atoms with E-state index in [4.69, 9.17) is 10.5 Å². The predicted octanol–water partition coefficient (Wildman–Crippen LogP) is 3.28. The summed E-state index contributed by atoms with van der Waals surface area (Å²) < 4.78 is 5.92. The number of unbranched alkanes of at least 4 members (excludes halogenated alkanes) is 1. The number of nitrogens with two attached hydrogens (primary N) is 1. The van der Waals surface area contributed by atoms with Crippen molar-refractivity contribution in [3.8, 4) is 0 Å². The molecule has 130 valence electrons. The van der Waals surface area contributed by atoms with Gasteiger partial charge in [-0.05, 0) is 30.5 Å². The van der Waals surface area contributed by atoms with Crippen molar-refractivity contribution in [3.05, 3.63) is 35.4 Å². The maximum atomic E-state index is 12.3. The van der Waals surface area contributed by atoms with Crippen molar-refractivity contribution in [2.75, 3.05) is 6.61 Å². The van der Waals surface area contributed by atoms with Gasteiger partial charge in [0.1, 0.15) is 0 Å². The molecule has 0 aromatic heterocycles. The molecule has 3 N–H and O–H groups in total. The van der Waals surface area contributed by atoms with Crippen LogP contribution in [0.4, 0.5) is 0 Å². The topological polar surface area (TPSA) is 64.3 Å². The second-order valence-electron chi connectivity index (χ2n) is 6.70. The van der Waals surface area contributed by atoms with E-state index in [1.807, 2.05) is 24.3 Å². The summed E-state index contributed by atoms with van der Waals surface area (Å²) in [6.07, 6.45) is 3.37. The molecule has 1 saturated carbocycles. The fourth-order valence-electron chi connectivity index (χ4n) is 2.82. The minimum atomic E-state index is -0.0198. The average molecular weight is 341 g/mol. The maximum absolute atomic E-state index is 12.3. The Morgan fingerprint density at radius 1 is 1.35 bits per heavy atom. The molecule has 0 aliphatic heterocycles. The molecule has 0 radical (unpaired) electrons. The van der Waals surface area contributed by atoms with E-state index >= 15 is 0 Å². The van der Waals surface area contributed by atoms with Gasteiger partial charge in [-0.15, -0.1) is 12.4 Å². The zero-order valence-electron chi connectivity index (χ0n) is 14.3. The lowest BCUT2D eigenvalue weighted by atomic mass is 9.64. The van der Waals surface area contributed by atoms with Gasteiger partial charge in [-0.2, -0.15) is 0 Å². The first kappa shape index (κ1) is 19.9. The molecule has 0 heterocycles. The second-order valence-corrected chi connectivity index (χ2v) is 6.70. The van der Waals surface area contributed by atoms with Gasteiger partial charge in [0.2, 0.25) is 0 Å². The minimum Gasteiger partial charge on any atom is -0.378 e. The van der Waals surface area contributed by atoms with Gasteiger partial charge in [0.05, 0.1) is 6.10 Å². The summed E-state index contributed by atoms with van der Waals surface area (Å²) in [6, 6.07) is 7.63. The molecule has 5 heteroatoms. The molecule has 2 atom stereocenters. The molecule has 1 aliphatic rings. The van der Waals surface area contributed by atoms with Crippen LogP contribution in [-0.4, -0.2) is 24.7 Å². The third kappa shape index (κ3) is 4.69. The molecule has 0 spiro atoms. The summed E-state index contributed by atoms with van der Waals surface area (Å²) in [5.74, 6) is -0.0198. The monoisotopic (exact) mass is 340 g/mol. The molecule has 4 nitrogen and oxygen atoms in total. The van der Waals surface area contributed by atoms with E-state index in [-0.39, 0.29) is 35.9 Å². The highest BCUT2D eigenvalue weighted by Gasteiger charge is 2.49. The van der Waals surface area contributed by atoms with Crippen molar-refractivity contribution in [1.82, 2.24) is 5.32 Å². The Labute approximate surface area is 145 Å². The van der Waals surface area contributed by atoms with E-state index < -0.39 is 0 Å². The summed E-state index contributed by atoms with van der Waals surface area (Å²) in [4.78, 5) is 12.3. The fourth-order valence-corrected chi connectivity index (χ4v) is 2.82. The standard InChI is InChI=1S/C18H28N2O2.ClH/c1-4-5-10-22-16-11-15(18(16,2)3)20-17(21)14-8-6-13(12-19)7-9-14;/h6-9,15-16H,4-5,10-12,19H2,1-3H3,(H,20,21);1H. The van der Waals surface area contributed by atoms with Crippen molar-refractivity contribution in [1.29, 1.82) is 0 Å². The molecular weight excluding hydrogens is 312 g/mol. The lowest BCUT2D eigenvalue weighted by molar-refractivity contribution is -0.115. The lowest BCUT2D eigenvalue weighted by Gasteiger charge is -2.51. The number of halogens is 1. The van der Waals surface area contributed by atoms with Gasteiger partial charge < -0.3 is 15.8 Å². The molecule has 1 aromatic carbocycles. The normalized spacial score (nSPS) is 21.9. The first-order valence-corrected chi connectivity index (χ1v) is 8.20. The molecule has 2 unspecified atom stereocenters. The van der Waals surface area contributed by atoms with E-state index in [0.29, 0.717) is 12.1 Å². The molecule has 0 saturated heterocycles. The number of rotatable bonds is 7. The quantitative estimate of drug-likeness (QED) is 0.749. The Kier molecular flexibility index (Phi) is 7.52. The van der Waals surface area contributed by atoms with Crippen molar-refractivity contribution in [3.63, 3.8) is 0 Å². The second kappa shape index (κ2) is 8.67. The van der Waals surface area contributed by atoms with E-state index in [0.717, 1.165) is 31.4 Å². The molecular formula is C18H29ClN2O2. The van der Waals surface area contributed by atoms with Crippen LogP contribution in [0.5, 0.6) is 0 Å². The largest absolute Gasteiger partial charge is 0.378 e. The van der Waals surface area contributed by atoms with Gasteiger partial charge >= 0.3 is 0 Å². The van der Waals surface area contributed by atoms with Crippen LogP contribution < -0.4 is 11.1 Å². The van der Waals surface area contributed by atoms with Crippen molar-refractivity contribution in [2.24, 2.45) is 11.1 Å². The summed E-state index contributed by atoms with van der Waals surface area (Å²) in [7, 11) is 0. The molecule has 0 bridgehead atoms. The first-order chi connectivity index (χ1) is 10.5. The Bertz CT molecular complexity index is 502. The highest BCUT2D eigenvalue weighted by Crippen LogP contribution is 2.42. The molecule has 1 aromatic rings. The van der Waals surface area contributed by atoms with Gasteiger partial charge in [0.15, 0.2) is 0 Å². The van der Waals surface area contributed by atoms with Crippen LogP contribution in [0.15, 0.2) is 24.3 Å². The molecule has 23 heavy (non-hydrogen) atoms. The predicted molar refractivity (Wildman–Crippen MR) is 95.9 cm³/mol. The van der Waals surface area contributed by atoms with Gasteiger partial charge in [-0.3, -0.25) is 4.79 Å². The maximum Gasteiger partial charge on any atom is 0.251 e. The third-order valence-electron chi connectivity index (χ3n) is 4.75. The van der Waals surface area contributed by atoms with Crippen molar-refractivity contribution >= 4 is 18.3 Å². The van der Waals surface area contributed by atoms with Gasteiger partial charge in [-0.25, -0.2) is 0 Å². The Morgan fingerprint density at radius 3 is 2.52 bits per heavy atom. The highest BCUT2D eigenvalue weighted by molar-refractivity contribution is 5.94. The Hall–Kier alpha value is -1.10. The number of benzene rings is 1. The number of hydrogen-bond donors (Lipinski definition) is 2. The zero-order chi connectivity index (χ0) is 16.2. The highest BCUT2D eigenvalue weighted by atomic mass is 35.5. The van der Waals surface area contributed by atoms with Crippen LogP contribution in [0, 0.1) is 5.41 Å². The molecule has 1 aliphatic carbocycles. The van der Waals surface area contributed by atoms with Crippen LogP contribution in [0.25, 0.3) is 0 Å². The van der Waals surface area contributed by atoms with E-state index in [9.17, 15) is 4.79 Å². The smallest absolute Gasteiger partial charge is 0.251 e. The van der Waals surface area contributed by atoms with E-state index in [1.54, 1.807) is 0 Å². The minimum absolute atomic E-state index is 0. The van der Waals surface area contributed by atoms with Gasteiger partial charge in [-0.1, -0.05) is 39.3 Å². The number of nitrogens with one attached hydrogen (secondary N) is 1.